The van der Waals surface area contributed by atoms with Gasteiger partial charge in [-0.1, -0.05) is 31.2 Å². The summed E-state index contributed by atoms with van der Waals surface area (Å²) >= 11 is 0. The van der Waals surface area contributed by atoms with E-state index in [-0.39, 0.29) is 0 Å². The predicted molar refractivity (Wildman–Crippen MR) is 106 cm³/mol. The minimum Gasteiger partial charge on any atom is -0.384 e. The Hall–Kier alpha value is -2.62. The lowest BCUT2D eigenvalue weighted by atomic mass is 10.0. The molecule has 2 aromatic heterocycles. The van der Waals surface area contributed by atoms with Crippen LogP contribution in [0, 0.1) is 6.92 Å². The van der Waals surface area contributed by atoms with Crippen molar-refractivity contribution in [1.82, 2.24) is 9.97 Å². The molecule has 0 saturated carbocycles. The molecule has 4 heteroatoms. The van der Waals surface area contributed by atoms with Crippen LogP contribution in [0.3, 0.4) is 0 Å². The molecule has 0 spiro atoms. The fourth-order valence-corrected chi connectivity index (χ4v) is 3.16. The summed E-state index contributed by atoms with van der Waals surface area (Å²) in [5.74, 6) is 0.944. The molecular formula is C21H26N4. The standard InChI is InChI=1S/C21H26N4/c1-3-17-16(2)25-19-11-5-4-10-18(19)21(17)24-15-9-8-14-23-20-12-6-7-13-22-20/h4-7,10-13H,3,8-9,14-15H2,1-2H3,(H,22,23)(H,24,25). The van der Waals surface area contributed by atoms with Gasteiger partial charge in [-0.2, -0.15) is 0 Å². The van der Waals surface area contributed by atoms with Crippen molar-refractivity contribution in [3.63, 3.8) is 0 Å². The maximum atomic E-state index is 4.74. The van der Waals surface area contributed by atoms with Crippen molar-refractivity contribution in [2.75, 3.05) is 23.7 Å². The number of unbranched alkanes of at least 4 members (excludes halogenated alkanes) is 1. The third-order valence-electron chi connectivity index (χ3n) is 4.43. The van der Waals surface area contributed by atoms with Crippen molar-refractivity contribution < 1.29 is 0 Å². The second-order valence-corrected chi connectivity index (χ2v) is 6.20. The fourth-order valence-electron chi connectivity index (χ4n) is 3.16. The van der Waals surface area contributed by atoms with Crippen molar-refractivity contribution >= 4 is 22.4 Å². The van der Waals surface area contributed by atoms with E-state index in [0.717, 1.165) is 49.4 Å². The van der Waals surface area contributed by atoms with Crippen LogP contribution in [0.1, 0.15) is 31.0 Å². The van der Waals surface area contributed by atoms with Crippen molar-refractivity contribution in [3.05, 3.63) is 59.9 Å². The summed E-state index contributed by atoms with van der Waals surface area (Å²) in [6, 6.07) is 14.3. The van der Waals surface area contributed by atoms with E-state index < -0.39 is 0 Å². The van der Waals surface area contributed by atoms with Gasteiger partial charge in [0.05, 0.1) is 5.52 Å². The van der Waals surface area contributed by atoms with Crippen LogP contribution in [-0.2, 0) is 6.42 Å². The summed E-state index contributed by atoms with van der Waals surface area (Å²) in [5, 5.41) is 8.24. The summed E-state index contributed by atoms with van der Waals surface area (Å²) in [4.78, 5) is 9.02. The average molecular weight is 334 g/mol. The number of hydrogen-bond acceptors (Lipinski definition) is 4. The second-order valence-electron chi connectivity index (χ2n) is 6.20. The third kappa shape index (κ3) is 4.27. The second kappa shape index (κ2) is 8.47. The zero-order chi connectivity index (χ0) is 17.5. The Morgan fingerprint density at radius 3 is 2.44 bits per heavy atom. The molecule has 25 heavy (non-hydrogen) atoms. The van der Waals surface area contributed by atoms with Crippen LogP contribution in [0.5, 0.6) is 0 Å². The molecular weight excluding hydrogens is 308 g/mol. The average Bonchev–Trinajstić information content (AvgIpc) is 2.65. The van der Waals surface area contributed by atoms with Crippen molar-refractivity contribution in [2.45, 2.75) is 33.1 Å². The zero-order valence-electron chi connectivity index (χ0n) is 15.0. The zero-order valence-corrected chi connectivity index (χ0v) is 15.0. The minimum absolute atomic E-state index is 0.940. The Kier molecular flexibility index (Phi) is 5.83. The third-order valence-corrected chi connectivity index (χ3v) is 4.43. The van der Waals surface area contributed by atoms with Crippen molar-refractivity contribution in [2.24, 2.45) is 0 Å². The van der Waals surface area contributed by atoms with Gasteiger partial charge in [0.25, 0.3) is 0 Å². The lowest BCUT2D eigenvalue weighted by Crippen LogP contribution is -2.09. The van der Waals surface area contributed by atoms with Gasteiger partial charge in [-0.05, 0) is 49.9 Å². The molecule has 0 aliphatic carbocycles. The van der Waals surface area contributed by atoms with Gasteiger partial charge < -0.3 is 10.6 Å². The normalized spacial score (nSPS) is 10.8. The summed E-state index contributed by atoms with van der Waals surface area (Å²) in [6.07, 6.45) is 5.02. The Morgan fingerprint density at radius 2 is 1.68 bits per heavy atom. The molecule has 3 rings (SSSR count). The molecule has 0 amide bonds. The monoisotopic (exact) mass is 334 g/mol. The number of nitrogens with zero attached hydrogens (tertiary/aromatic N) is 2. The van der Waals surface area contributed by atoms with E-state index in [0.29, 0.717) is 0 Å². The van der Waals surface area contributed by atoms with E-state index in [1.807, 2.05) is 30.5 Å². The van der Waals surface area contributed by atoms with Gasteiger partial charge in [0.15, 0.2) is 0 Å². The van der Waals surface area contributed by atoms with E-state index in [1.54, 1.807) is 0 Å². The van der Waals surface area contributed by atoms with Crippen LogP contribution in [0.2, 0.25) is 0 Å². The number of aromatic nitrogens is 2. The highest BCUT2D eigenvalue weighted by Gasteiger charge is 2.10. The first kappa shape index (κ1) is 17.2. The van der Waals surface area contributed by atoms with Crippen LogP contribution in [0.25, 0.3) is 10.9 Å². The molecule has 0 atom stereocenters. The van der Waals surface area contributed by atoms with Crippen LogP contribution in [0.4, 0.5) is 11.5 Å². The molecule has 0 saturated heterocycles. The molecule has 0 fully saturated rings. The number of benzene rings is 1. The minimum atomic E-state index is 0.940. The summed E-state index contributed by atoms with van der Waals surface area (Å²) < 4.78 is 0. The first-order chi connectivity index (χ1) is 12.3. The number of anilines is 2. The molecule has 0 unspecified atom stereocenters. The maximum Gasteiger partial charge on any atom is 0.125 e. The van der Waals surface area contributed by atoms with E-state index in [4.69, 9.17) is 4.98 Å². The first-order valence-corrected chi connectivity index (χ1v) is 9.06. The maximum absolute atomic E-state index is 4.74. The Bertz CT molecular complexity index is 815. The summed E-state index contributed by atoms with van der Waals surface area (Å²) in [6.45, 7) is 6.20. The summed E-state index contributed by atoms with van der Waals surface area (Å²) in [5.41, 5.74) is 4.77. The van der Waals surface area contributed by atoms with Crippen LogP contribution >= 0.6 is 0 Å². The van der Waals surface area contributed by atoms with Gasteiger partial charge in [-0.25, -0.2) is 4.98 Å². The number of rotatable bonds is 8. The number of hydrogen-bond donors (Lipinski definition) is 2. The van der Waals surface area contributed by atoms with E-state index in [9.17, 15) is 0 Å². The Balaban J connectivity index is 1.57. The highest BCUT2D eigenvalue weighted by atomic mass is 15.0. The molecule has 2 N–H and O–H groups in total. The highest BCUT2D eigenvalue weighted by molar-refractivity contribution is 5.93. The quantitative estimate of drug-likeness (QED) is 0.581. The van der Waals surface area contributed by atoms with Crippen molar-refractivity contribution in [1.29, 1.82) is 0 Å². The smallest absolute Gasteiger partial charge is 0.125 e. The molecule has 1 aromatic carbocycles. The largest absolute Gasteiger partial charge is 0.384 e. The molecule has 0 aliphatic heterocycles. The molecule has 0 aliphatic rings. The van der Waals surface area contributed by atoms with Gasteiger partial charge >= 0.3 is 0 Å². The van der Waals surface area contributed by atoms with Gasteiger partial charge in [-0.15, -0.1) is 0 Å². The Labute approximate surface area is 149 Å². The molecule has 0 radical (unpaired) electrons. The number of para-hydroxylation sites is 1. The topological polar surface area (TPSA) is 49.8 Å². The Morgan fingerprint density at radius 1 is 0.920 bits per heavy atom. The van der Waals surface area contributed by atoms with Gasteiger partial charge in [0.1, 0.15) is 5.82 Å². The lowest BCUT2D eigenvalue weighted by molar-refractivity contribution is 0.793. The van der Waals surface area contributed by atoms with E-state index in [2.05, 4.69) is 47.7 Å². The van der Waals surface area contributed by atoms with Crippen molar-refractivity contribution in [3.8, 4) is 0 Å². The van der Waals surface area contributed by atoms with Gasteiger partial charge in [0.2, 0.25) is 0 Å². The molecule has 2 heterocycles. The van der Waals surface area contributed by atoms with Gasteiger partial charge in [0, 0.05) is 36.1 Å². The van der Waals surface area contributed by atoms with Crippen LogP contribution in [-0.4, -0.2) is 23.1 Å². The fraction of sp³-hybridized carbons (Fsp3) is 0.333. The van der Waals surface area contributed by atoms with Gasteiger partial charge in [-0.3, -0.25) is 4.98 Å². The molecule has 0 bridgehead atoms. The predicted octanol–water partition coefficient (Wildman–Crippen LogP) is 4.80. The highest BCUT2D eigenvalue weighted by Crippen LogP contribution is 2.28. The molecule has 4 nitrogen and oxygen atoms in total. The number of pyridine rings is 2. The first-order valence-electron chi connectivity index (χ1n) is 9.06. The SMILES string of the molecule is CCc1c(C)nc2ccccc2c1NCCCCNc1ccccn1. The molecule has 130 valence electrons. The van der Waals surface area contributed by atoms with E-state index >= 15 is 0 Å². The van der Waals surface area contributed by atoms with E-state index in [1.165, 1.54) is 16.6 Å². The van der Waals surface area contributed by atoms with Crippen LogP contribution in [0.15, 0.2) is 48.7 Å². The number of aryl methyl sites for hydroxylation is 1. The summed E-state index contributed by atoms with van der Waals surface area (Å²) in [7, 11) is 0. The number of fused-ring (bicyclic) bond motifs is 1. The molecule has 3 aromatic rings. The van der Waals surface area contributed by atoms with Crippen LogP contribution < -0.4 is 10.6 Å². The lowest BCUT2D eigenvalue weighted by Gasteiger charge is -2.16. The number of nitrogens with one attached hydrogen (secondary N) is 2.